The number of rotatable bonds is 6. The molecule has 2 fully saturated rings. The van der Waals surface area contributed by atoms with Gasteiger partial charge in [0.05, 0.1) is 5.75 Å². The molecule has 1 amide bonds. The zero-order valence-corrected chi connectivity index (χ0v) is 14.3. The van der Waals surface area contributed by atoms with Gasteiger partial charge >= 0.3 is 0 Å². The number of nitrogens with zero attached hydrogens (tertiary/aromatic N) is 3. The van der Waals surface area contributed by atoms with Gasteiger partial charge in [-0.3, -0.25) is 9.69 Å². The van der Waals surface area contributed by atoms with E-state index in [1.165, 1.54) is 12.5 Å². The van der Waals surface area contributed by atoms with E-state index in [-0.39, 0.29) is 23.7 Å². The molecule has 0 unspecified atom stereocenters. The summed E-state index contributed by atoms with van der Waals surface area (Å²) in [6.07, 6.45) is 4.72. The summed E-state index contributed by atoms with van der Waals surface area (Å²) >= 11 is 0. The molecule has 3 rings (SSSR count). The van der Waals surface area contributed by atoms with Crippen molar-refractivity contribution in [3.05, 3.63) is 18.0 Å². The fourth-order valence-electron chi connectivity index (χ4n) is 3.28. The SMILES string of the molecule is C[C@@H]1CN(CCS(C)(=O)=O)C[C@H]1N(C(=O)c1ccon1)C1CC1. The van der Waals surface area contributed by atoms with Gasteiger partial charge in [-0.25, -0.2) is 8.42 Å². The van der Waals surface area contributed by atoms with Crippen LogP contribution in [0.5, 0.6) is 0 Å². The van der Waals surface area contributed by atoms with E-state index in [2.05, 4.69) is 17.0 Å². The Labute approximate surface area is 136 Å². The molecule has 1 saturated heterocycles. The van der Waals surface area contributed by atoms with E-state index in [0.29, 0.717) is 18.2 Å². The summed E-state index contributed by atoms with van der Waals surface area (Å²) < 4.78 is 27.5. The molecule has 0 N–H and O–H groups in total. The number of hydrogen-bond acceptors (Lipinski definition) is 6. The maximum atomic E-state index is 12.7. The van der Waals surface area contributed by atoms with Crippen LogP contribution in [0.25, 0.3) is 0 Å². The van der Waals surface area contributed by atoms with E-state index in [4.69, 9.17) is 4.52 Å². The van der Waals surface area contributed by atoms with Crippen molar-refractivity contribution >= 4 is 15.7 Å². The average molecular weight is 341 g/mol. The molecule has 8 heteroatoms. The van der Waals surface area contributed by atoms with Gasteiger partial charge in [0.15, 0.2) is 5.69 Å². The van der Waals surface area contributed by atoms with Crippen LogP contribution in [0.2, 0.25) is 0 Å². The van der Waals surface area contributed by atoms with Crippen molar-refractivity contribution in [1.82, 2.24) is 15.0 Å². The highest BCUT2D eigenvalue weighted by Gasteiger charge is 2.44. The van der Waals surface area contributed by atoms with Crippen LogP contribution >= 0.6 is 0 Å². The Morgan fingerprint density at radius 2 is 2.17 bits per heavy atom. The van der Waals surface area contributed by atoms with Crippen molar-refractivity contribution in [2.75, 3.05) is 31.6 Å². The molecule has 0 aromatic carbocycles. The molecule has 128 valence electrons. The fourth-order valence-corrected chi connectivity index (χ4v) is 3.87. The highest BCUT2D eigenvalue weighted by atomic mass is 32.2. The first-order valence-corrected chi connectivity index (χ1v) is 10.0. The fraction of sp³-hybridized carbons (Fsp3) is 0.733. The number of carbonyl (C=O) groups is 1. The lowest BCUT2D eigenvalue weighted by atomic mass is 10.0. The summed E-state index contributed by atoms with van der Waals surface area (Å²) in [6, 6.07) is 1.98. The normalized spacial score (nSPS) is 25.7. The molecule has 2 aliphatic rings. The molecule has 0 spiro atoms. The third-order valence-corrected chi connectivity index (χ3v) is 5.54. The maximum Gasteiger partial charge on any atom is 0.276 e. The number of carbonyl (C=O) groups excluding carboxylic acids is 1. The van der Waals surface area contributed by atoms with Crippen molar-refractivity contribution in [2.45, 2.75) is 31.8 Å². The quantitative estimate of drug-likeness (QED) is 0.755. The number of sulfone groups is 1. The van der Waals surface area contributed by atoms with Gasteiger partial charge in [-0.05, 0) is 18.8 Å². The monoisotopic (exact) mass is 341 g/mol. The van der Waals surface area contributed by atoms with Gasteiger partial charge in [0.25, 0.3) is 5.91 Å². The summed E-state index contributed by atoms with van der Waals surface area (Å²) in [6.45, 7) is 4.18. The molecule has 2 heterocycles. The molecule has 23 heavy (non-hydrogen) atoms. The van der Waals surface area contributed by atoms with Crippen LogP contribution in [0, 0.1) is 5.92 Å². The molecule has 7 nitrogen and oxygen atoms in total. The van der Waals surface area contributed by atoms with Crippen LogP contribution in [0.1, 0.15) is 30.3 Å². The van der Waals surface area contributed by atoms with Crippen molar-refractivity contribution in [2.24, 2.45) is 5.92 Å². The van der Waals surface area contributed by atoms with Crippen molar-refractivity contribution in [3.63, 3.8) is 0 Å². The minimum absolute atomic E-state index is 0.0805. The Morgan fingerprint density at radius 3 is 2.74 bits per heavy atom. The Balaban J connectivity index is 1.69. The van der Waals surface area contributed by atoms with E-state index < -0.39 is 9.84 Å². The molecule has 1 aromatic heterocycles. The molecule has 2 atom stereocenters. The highest BCUT2D eigenvalue weighted by molar-refractivity contribution is 7.90. The van der Waals surface area contributed by atoms with Crippen molar-refractivity contribution in [3.8, 4) is 0 Å². The van der Waals surface area contributed by atoms with E-state index in [1.807, 2.05) is 4.90 Å². The molecule has 0 bridgehead atoms. The highest BCUT2D eigenvalue weighted by Crippen LogP contribution is 2.34. The molecule has 1 aromatic rings. The summed E-state index contributed by atoms with van der Waals surface area (Å²) in [7, 11) is -2.97. The lowest BCUT2D eigenvalue weighted by molar-refractivity contribution is 0.0622. The third kappa shape index (κ3) is 3.92. The zero-order chi connectivity index (χ0) is 16.6. The number of hydrogen-bond donors (Lipinski definition) is 0. The smallest absolute Gasteiger partial charge is 0.276 e. The molecular weight excluding hydrogens is 318 g/mol. The first-order valence-electron chi connectivity index (χ1n) is 7.98. The van der Waals surface area contributed by atoms with Crippen LogP contribution in [0.15, 0.2) is 16.9 Å². The van der Waals surface area contributed by atoms with Gasteiger partial charge < -0.3 is 9.42 Å². The van der Waals surface area contributed by atoms with Gasteiger partial charge in [-0.2, -0.15) is 0 Å². The van der Waals surface area contributed by atoms with Crippen molar-refractivity contribution < 1.29 is 17.7 Å². The molecular formula is C15H23N3O4S. The van der Waals surface area contributed by atoms with Gasteiger partial charge in [0.2, 0.25) is 0 Å². The van der Waals surface area contributed by atoms with Crippen LogP contribution in [-0.4, -0.2) is 73.0 Å². The van der Waals surface area contributed by atoms with Crippen LogP contribution < -0.4 is 0 Å². The van der Waals surface area contributed by atoms with Crippen LogP contribution in [0.3, 0.4) is 0 Å². The minimum Gasteiger partial charge on any atom is -0.364 e. The first-order chi connectivity index (χ1) is 10.8. The summed E-state index contributed by atoms with van der Waals surface area (Å²) in [5, 5.41) is 3.77. The predicted molar refractivity (Wildman–Crippen MR) is 84.8 cm³/mol. The second-order valence-corrected chi connectivity index (χ2v) is 9.02. The Kier molecular flexibility index (Phi) is 4.46. The van der Waals surface area contributed by atoms with E-state index in [9.17, 15) is 13.2 Å². The van der Waals surface area contributed by atoms with Crippen LogP contribution in [-0.2, 0) is 9.84 Å². The van der Waals surface area contributed by atoms with Gasteiger partial charge in [-0.15, -0.1) is 0 Å². The van der Waals surface area contributed by atoms with Crippen LogP contribution in [0.4, 0.5) is 0 Å². The van der Waals surface area contributed by atoms with E-state index >= 15 is 0 Å². The molecule has 1 aliphatic heterocycles. The molecule has 1 saturated carbocycles. The number of aromatic nitrogens is 1. The molecule has 1 aliphatic carbocycles. The number of likely N-dealkylation sites (tertiary alicyclic amines) is 1. The summed E-state index contributed by atoms with van der Waals surface area (Å²) in [5.41, 5.74) is 0.346. The van der Waals surface area contributed by atoms with E-state index in [1.54, 1.807) is 6.07 Å². The zero-order valence-electron chi connectivity index (χ0n) is 13.5. The Morgan fingerprint density at radius 1 is 1.43 bits per heavy atom. The lowest BCUT2D eigenvalue weighted by Crippen LogP contribution is -2.46. The molecule has 0 radical (unpaired) electrons. The van der Waals surface area contributed by atoms with E-state index in [0.717, 1.165) is 25.9 Å². The van der Waals surface area contributed by atoms with Gasteiger partial charge in [-0.1, -0.05) is 12.1 Å². The number of amides is 1. The largest absolute Gasteiger partial charge is 0.364 e. The standard InChI is InChI=1S/C15H23N3O4S/c1-11-9-17(6-8-23(2,20)21)10-14(11)18(12-3-4-12)15(19)13-5-7-22-16-13/h5,7,11-12,14H,3-4,6,8-10H2,1-2H3/t11-,14-/m1/s1. The Hall–Kier alpha value is -1.41. The predicted octanol–water partition coefficient (Wildman–Crippen LogP) is 0.644. The topological polar surface area (TPSA) is 83.7 Å². The third-order valence-electron chi connectivity index (χ3n) is 4.62. The maximum absolute atomic E-state index is 12.7. The van der Waals surface area contributed by atoms with Crippen molar-refractivity contribution in [1.29, 1.82) is 0 Å². The average Bonchev–Trinajstić information content (AvgIpc) is 3.01. The lowest BCUT2D eigenvalue weighted by Gasteiger charge is -2.31. The summed E-state index contributed by atoms with van der Waals surface area (Å²) in [5.74, 6) is 0.390. The second-order valence-electron chi connectivity index (χ2n) is 6.76. The first kappa shape index (κ1) is 16.4. The second kappa shape index (κ2) is 6.24. The summed E-state index contributed by atoms with van der Waals surface area (Å²) in [4.78, 5) is 16.8. The Bertz CT molecular complexity index is 654. The van der Waals surface area contributed by atoms with Gasteiger partial charge in [0, 0.05) is 44.0 Å². The van der Waals surface area contributed by atoms with Gasteiger partial charge in [0.1, 0.15) is 16.1 Å². The minimum atomic E-state index is -2.97.